The molecular weight excluding hydrogens is 490 g/mol. The molecule has 0 bridgehead atoms. The van der Waals surface area contributed by atoms with Crippen molar-refractivity contribution in [1.82, 2.24) is 4.90 Å². The number of hydrogen-bond donors (Lipinski definition) is 1. The number of rotatable bonds is 6. The monoisotopic (exact) mass is 511 g/mol. The van der Waals surface area contributed by atoms with Crippen LogP contribution in [0.15, 0.2) is 95.9 Å². The molecule has 2 aliphatic rings. The van der Waals surface area contributed by atoms with E-state index in [1.165, 1.54) is 16.2 Å². The second-order valence-electron chi connectivity index (χ2n) is 8.56. The topological polar surface area (TPSA) is 85.3 Å². The van der Waals surface area contributed by atoms with Crippen LogP contribution in [0.3, 0.4) is 0 Å². The van der Waals surface area contributed by atoms with Crippen molar-refractivity contribution in [2.75, 3.05) is 6.79 Å². The molecule has 1 unspecified atom stereocenters. The Hall–Kier alpha value is -4.56. The molecule has 1 fully saturated rings. The van der Waals surface area contributed by atoms with Gasteiger partial charge in [0.15, 0.2) is 11.5 Å². The van der Waals surface area contributed by atoms with E-state index < -0.39 is 17.7 Å². The quantitative estimate of drug-likeness (QED) is 0.197. The third-order valence-corrected chi connectivity index (χ3v) is 7.11. The summed E-state index contributed by atoms with van der Waals surface area (Å²) >= 11 is 1.50. The zero-order chi connectivity index (χ0) is 25.4. The van der Waals surface area contributed by atoms with Crippen molar-refractivity contribution in [3.63, 3.8) is 0 Å². The average Bonchev–Trinajstić information content (AvgIpc) is 3.66. The van der Waals surface area contributed by atoms with Gasteiger partial charge in [-0.25, -0.2) is 0 Å². The van der Waals surface area contributed by atoms with Gasteiger partial charge in [-0.05, 0) is 59.5 Å². The van der Waals surface area contributed by atoms with Crippen molar-refractivity contribution < 1.29 is 28.9 Å². The fraction of sp³-hybridized carbons (Fsp3) is 0.103. The van der Waals surface area contributed by atoms with Crippen molar-refractivity contribution in [3.05, 3.63) is 112 Å². The molecule has 7 nitrogen and oxygen atoms in total. The van der Waals surface area contributed by atoms with Gasteiger partial charge >= 0.3 is 0 Å². The van der Waals surface area contributed by atoms with E-state index in [-0.39, 0.29) is 24.7 Å². The highest BCUT2D eigenvalue weighted by Crippen LogP contribution is 2.43. The molecule has 4 aromatic rings. The van der Waals surface area contributed by atoms with E-state index in [1.54, 1.807) is 36.4 Å². The van der Waals surface area contributed by atoms with E-state index in [9.17, 15) is 14.7 Å². The number of amides is 1. The number of ether oxygens (including phenoxy) is 3. The first-order valence-electron chi connectivity index (χ1n) is 11.6. The second kappa shape index (κ2) is 9.48. The van der Waals surface area contributed by atoms with Gasteiger partial charge in [0.05, 0.1) is 18.2 Å². The molecule has 1 aromatic heterocycles. The summed E-state index contributed by atoms with van der Waals surface area (Å²) in [6.07, 6.45) is 0. The largest absolute Gasteiger partial charge is 0.507 e. The lowest BCUT2D eigenvalue weighted by Gasteiger charge is -2.25. The molecular formula is C29H21NO6S. The predicted octanol–water partition coefficient (Wildman–Crippen LogP) is 5.89. The van der Waals surface area contributed by atoms with Crippen LogP contribution in [0, 0.1) is 0 Å². The third-order valence-electron chi connectivity index (χ3n) is 6.24. The average molecular weight is 512 g/mol. The molecule has 1 N–H and O–H groups in total. The molecule has 3 aromatic carbocycles. The summed E-state index contributed by atoms with van der Waals surface area (Å²) in [5, 5.41) is 13.3. The van der Waals surface area contributed by atoms with Crippen LogP contribution >= 0.6 is 11.3 Å². The number of para-hydroxylation sites is 1. The van der Waals surface area contributed by atoms with Crippen molar-refractivity contribution >= 4 is 28.8 Å². The van der Waals surface area contributed by atoms with Gasteiger partial charge in [0.25, 0.3) is 11.7 Å². The Morgan fingerprint density at radius 2 is 1.73 bits per heavy atom. The van der Waals surface area contributed by atoms with E-state index in [1.807, 2.05) is 53.9 Å². The molecule has 3 heterocycles. The summed E-state index contributed by atoms with van der Waals surface area (Å²) in [4.78, 5) is 29.1. The number of likely N-dealkylation sites (tertiary alicyclic amines) is 1. The zero-order valence-corrected chi connectivity index (χ0v) is 20.3. The van der Waals surface area contributed by atoms with Gasteiger partial charge in [-0.1, -0.05) is 36.4 Å². The maximum Gasteiger partial charge on any atom is 0.295 e. The number of aliphatic hydroxyl groups excluding tert-OH is 1. The number of fused-ring (bicyclic) bond motifs is 1. The Morgan fingerprint density at radius 3 is 2.54 bits per heavy atom. The summed E-state index contributed by atoms with van der Waals surface area (Å²) in [6, 6.07) is 24.5. The minimum Gasteiger partial charge on any atom is -0.507 e. The summed E-state index contributed by atoms with van der Waals surface area (Å²) < 4.78 is 16.8. The first-order valence-corrected chi connectivity index (χ1v) is 12.5. The van der Waals surface area contributed by atoms with Crippen molar-refractivity contribution in [2.45, 2.75) is 12.6 Å². The molecule has 37 heavy (non-hydrogen) atoms. The Balaban J connectivity index is 1.45. The van der Waals surface area contributed by atoms with Crippen molar-refractivity contribution in [1.29, 1.82) is 0 Å². The maximum absolute atomic E-state index is 13.4. The van der Waals surface area contributed by atoms with Crippen LogP contribution in [-0.4, -0.2) is 28.5 Å². The van der Waals surface area contributed by atoms with Gasteiger partial charge in [-0.15, -0.1) is 11.3 Å². The van der Waals surface area contributed by atoms with E-state index in [0.29, 0.717) is 34.1 Å². The van der Waals surface area contributed by atoms with Crippen LogP contribution in [-0.2, 0) is 16.1 Å². The van der Waals surface area contributed by atoms with Crippen LogP contribution in [0.2, 0.25) is 0 Å². The molecule has 0 saturated carbocycles. The summed E-state index contributed by atoms with van der Waals surface area (Å²) in [7, 11) is 0. The molecule has 184 valence electrons. The number of carbonyl (C=O) groups excluding carboxylic acids is 2. The lowest BCUT2D eigenvalue weighted by molar-refractivity contribution is -0.140. The number of Topliss-reactive ketones (excluding diaryl/α,β-unsaturated/α-hetero) is 1. The Kier molecular flexibility index (Phi) is 5.86. The molecule has 0 aliphatic carbocycles. The predicted molar refractivity (Wildman–Crippen MR) is 138 cm³/mol. The lowest BCUT2D eigenvalue weighted by atomic mass is 9.95. The van der Waals surface area contributed by atoms with Gasteiger partial charge in [0, 0.05) is 10.4 Å². The van der Waals surface area contributed by atoms with Gasteiger partial charge < -0.3 is 24.2 Å². The van der Waals surface area contributed by atoms with Gasteiger partial charge in [0.2, 0.25) is 6.79 Å². The van der Waals surface area contributed by atoms with Crippen LogP contribution in [0.5, 0.6) is 23.0 Å². The summed E-state index contributed by atoms with van der Waals surface area (Å²) in [5.74, 6) is 0.538. The molecule has 0 spiro atoms. The Labute approximate surface area is 216 Å². The standard InChI is InChI=1S/C29H21NO6S/c31-27(19-11-12-23-24(15-19)35-17-34-23)25-26(30(29(33)28(25)32)16-22-10-5-13-37-22)18-6-4-9-21(14-18)36-20-7-2-1-3-8-20/h1-15,26,31H,16-17H2/b27-25-. The van der Waals surface area contributed by atoms with E-state index >= 15 is 0 Å². The van der Waals surface area contributed by atoms with Crippen LogP contribution in [0.1, 0.15) is 22.0 Å². The highest BCUT2D eigenvalue weighted by Gasteiger charge is 2.46. The minimum atomic E-state index is -0.813. The Bertz CT molecular complexity index is 1510. The number of hydrogen-bond acceptors (Lipinski definition) is 7. The van der Waals surface area contributed by atoms with Gasteiger partial charge in [-0.2, -0.15) is 0 Å². The van der Waals surface area contributed by atoms with Gasteiger partial charge in [0.1, 0.15) is 17.3 Å². The number of thiophene rings is 1. The lowest BCUT2D eigenvalue weighted by Crippen LogP contribution is -2.28. The fourth-order valence-electron chi connectivity index (χ4n) is 4.53. The van der Waals surface area contributed by atoms with Crippen LogP contribution in [0.25, 0.3) is 5.76 Å². The summed E-state index contributed by atoms with van der Waals surface area (Å²) in [6.45, 7) is 0.313. The van der Waals surface area contributed by atoms with Crippen molar-refractivity contribution in [2.24, 2.45) is 0 Å². The number of nitrogens with zero attached hydrogens (tertiary/aromatic N) is 1. The van der Waals surface area contributed by atoms with Gasteiger partial charge in [-0.3, -0.25) is 9.59 Å². The number of benzene rings is 3. The Morgan fingerprint density at radius 1 is 0.919 bits per heavy atom. The number of ketones is 1. The molecule has 6 rings (SSSR count). The van der Waals surface area contributed by atoms with Crippen LogP contribution < -0.4 is 14.2 Å². The first-order chi connectivity index (χ1) is 18.1. The third kappa shape index (κ3) is 4.32. The smallest absolute Gasteiger partial charge is 0.295 e. The van der Waals surface area contributed by atoms with E-state index in [4.69, 9.17) is 14.2 Å². The molecule has 1 saturated heterocycles. The molecule has 2 aliphatic heterocycles. The van der Waals surface area contributed by atoms with E-state index in [0.717, 1.165) is 4.88 Å². The molecule has 1 atom stereocenters. The highest BCUT2D eigenvalue weighted by molar-refractivity contribution is 7.09. The molecule has 0 radical (unpaired) electrons. The fourth-order valence-corrected chi connectivity index (χ4v) is 5.23. The van der Waals surface area contributed by atoms with Crippen LogP contribution in [0.4, 0.5) is 0 Å². The van der Waals surface area contributed by atoms with E-state index in [2.05, 4.69) is 0 Å². The highest BCUT2D eigenvalue weighted by atomic mass is 32.1. The molecule has 8 heteroatoms. The molecule has 1 amide bonds. The SMILES string of the molecule is O=C1C(=O)N(Cc2cccs2)C(c2cccc(Oc3ccccc3)c2)/C1=C(/O)c1ccc2c(c1)OCO2. The summed E-state index contributed by atoms with van der Waals surface area (Å²) in [5.41, 5.74) is 1.02. The zero-order valence-electron chi connectivity index (χ0n) is 19.5. The first kappa shape index (κ1) is 22.9. The normalized spacial score (nSPS) is 17.8. The maximum atomic E-state index is 13.4. The second-order valence-corrected chi connectivity index (χ2v) is 9.59. The minimum absolute atomic E-state index is 0.0114. The number of carbonyl (C=O) groups is 2. The number of aliphatic hydroxyl groups is 1. The van der Waals surface area contributed by atoms with Crippen molar-refractivity contribution in [3.8, 4) is 23.0 Å².